The molecule has 1 amide bonds. The van der Waals surface area contributed by atoms with Crippen LogP contribution in [0.2, 0.25) is 0 Å². The van der Waals surface area contributed by atoms with E-state index in [0.717, 1.165) is 6.08 Å². The molecule has 0 aromatic heterocycles. The molecule has 1 aliphatic heterocycles. The van der Waals surface area contributed by atoms with Gasteiger partial charge in [-0.1, -0.05) is 43.5 Å². The van der Waals surface area contributed by atoms with Crippen LogP contribution in [-0.4, -0.2) is 17.7 Å². The topological polar surface area (TPSA) is 38.3 Å². The first kappa shape index (κ1) is 14.2. The van der Waals surface area contributed by atoms with E-state index in [1.165, 1.54) is 24.3 Å². The van der Waals surface area contributed by atoms with Crippen molar-refractivity contribution in [2.45, 2.75) is 18.2 Å². The summed E-state index contributed by atoms with van der Waals surface area (Å²) in [7, 11) is 0. The highest BCUT2D eigenvalue weighted by Crippen LogP contribution is 2.44. The first-order chi connectivity index (χ1) is 8.37. The van der Waals surface area contributed by atoms with Gasteiger partial charge in [-0.05, 0) is 5.57 Å². The number of carbonyl (C=O) groups excluding carboxylic acids is 1. The number of allylic oxidation sites excluding steroid dienone is 4. The van der Waals surface area contributed by atoms with Crippen molar-refractivity contribution in [1.82, 2.24) is 5.48 Å². The van der Waals surface area contributed by atoms with E-state index in [1.54, 1.807) is 5.48 Å². The van der Waals surface area contributed by atoms with Gasteiger partial charge in [0.05, 0.1) is 6.42 Å². The molecule has 0 spiro atoms. The molecule has 0 radical (unpaired) electrons. The Morgan fingerprint density at radius 1 is 1.39 bits per heavy atom. The maximum absolute atomic E-state index is 13.1. The van der Waals surface area contributed by atoms with Crippen molar-refractivity contribution in [3.05, 3.63) is 49.1 Å². The summed E-state index contributed by atoms with van der Waals surface area (Å²) >= 11 is 0. The van der Waals surface area contributed by atoms with Gasteiger partial charge in [-0.2, -0.15) is 13.2 Å². The fraction of sp³-hybridized carbons (Fsp3) is 0.250. The van der Waals surface area contributed by atoms with Crippen molar-refractivity contribution in [2.75, 3.05) is 0 Å². The second kappa shape index (κ2) is 5.22. The van der Waals surface area contributed by atoms with Crippen LogP contribution in [0.15, 0.2) is 49.1 Å². The minimum Gasteiger partial charge on any atom is -0.273 e. The molecule has 1 saturated heterocycles. The maximum atomic E-state index is 13.1. The Labute approximate surface area is 102 Å². The van der Waals surface area contributed by atoms with Crippen molar-refractivity contribution in [3.8, 4) is 0 Å². The first-order valence-corrected chi connectivity index (χ1v) is 5.03. The average molecular weight is 259 g/mol. The molecule has 1 atom stereocenters. The predicted molar refractivity (Wildman–Crippen MR) is 60.2 cm³/mol. The summed E-state index contributed by atoms with van der Waals surface area (Å²) in [5, 5.41) is 0. The molecule has 1 unspecified atom stereocenters. The van der Waals surface area contributed by atoms with Crippen molar-refractivity contribution in [2.24, 2.45) is 0 Å². The Hall–Kier alpha value is -1.82. The zero-order valence-electron chi connectivity index (χ0n) is 9.46. The number of carbonyl (C=O) groups is 1. The Bertz CT molecular complexity index is 424. The highest BCUT2D eigenvalue weighted by Gasteiger charge is 2.62. The lowest BCUT2D eigenvalue weighted by Gasteiger charge is -2.29. The third-order valence-electron chi connectivity index (χ3n) is 2.38. The van der Waals surface area contributed by atoms with Gasteiger partial charge in [0, 0.05) is 0 Å². The normalized spacial score (nSPS) is 25.3. The quantitative estimate of drug-likeness (QED) is 0.788. The van der Waals surface area contributed by atoms with E-state index >= 15 is 0 Å². The van der Waals surface area contributed by atoms with E-state index in [0.29, 0.717) is 0 Å². The zero-order chi connectivity index (χ0) is 13.8. The average Bonchev–Trinajstić information content (AvgIpc) is 2.67. The van der Waals surface area contributed by atoms with Crippen LogP contribution in [0.5, 0.6) is 0 Å². The molecule has 0 aromatic rings. The fourth-order valence-electron chi connectivity index (χ4n) is 1.55. The molecule has 0 aromatic carbocycles. The Morgan fingerprint density at radius 3 is 2.44 bits per heavy atom. The van der Waals surface area contributed by atoms with Crippen LogP contribution in [-0.2, 0) is 9.63 Å². The van der Waals surface area contributed by atoms with E-state index in [4.69, 9.17) is 0 Å². The molecule has 1 rings (SSSR count). The molecular weight excluding hydrogens is 247 g/mol. The number of hydrogen-bond donors (Lipinski definition) is 1. The van der Waals surface area contributed by atoms with Gasteiger partial charge >= 0.3 is 6.18 Å². The van der Waals surface area contributed by atoms with E-state index in [-0.39, 0.29) is 5.57 Å². The SMILES string of the molecule is C=C/C=C\C(=C\C=C)C1(C(F)(F)F)CC(=O)NO1. The molecule has 0 bridgehead atoms. The summed E-state index contributed by atoms with van der Waals surface area (Å²) in [4.78, 5) is 15.6. The van der Waals surface area contributed by atoms with Crippen molar-refractivity contribution >= 4 is 5.91 Å². The van der Waals surface area contributed by atoms with Gasteiger partial charge in [0.1, 0.15) is 0 Å². The molecule has 3 nitrogen and oxygen atoms in total. The fourth-order valence-corrected chi connectivity index (χ4v) is 1.55. The highest BCUT2D eigenvalue weighted by molar-refractivity contribution is 5.79. The summed E-state index contributed by atoms with van der Waals surface area (Å²) in [6.45, 7) is 6.72. The molecule has 0 saturated carbocycles. The minimum absolute atomic E-state index is 0.219. The van der Waals surface area contributed by atoms with Crippen LogP contribution in [0.4, 0.5) is 13.2 Å². The molecule has 1 aliphatic rings. The third-order valence-corrected chi connectivity index (χ3v) is 2.38. The smallest absolute Gasteiger partial charge is 0.273 e. The molecule has 98 valence electrons. The lowest BCUT2D eigenvalue weighted by molar-refractivity contribution is -0.258. The first-order valence-electron chi connectivity index (χ1n) is 5.03. The number of halogens is 3. The monoisotopic (exact) mass is 259 g/mol. The number of nitrogens with one attached hydrogen (secondary N) is 1. The largest absolute Gasteiger partial charge is 0.424 e. The van der Waals surface area contributed by atoms with Gasteiger partial charge in [-0.3, -0.25) is 9.63 Å². The molecular formula is C12H12F3NO2. The standard InChI is InChI=1S/C12H12F3NO2/c1-3-5-7-9(6-4-2)11(12(13,14)15)8-10(17)16-18-11/h3-7H,1-2,8H2,(H,16,17)/b7-5-,9-6-. The van der Waals surface area contributed by atoms with Crippen LogP contribution >= 0.6 is 0 Å². The van der Waals surface area contributed by atoms with E-state index in [2.05, 4.69) is 18.0 Å². The number of rotatable bonds is 4. The van der Waals surface area contributed by atoms with Crippen LogP contribution in [0.3, 0.4) is 0 Å². The molecule has 1 fully saturated rings. The van der Waals surface area contributed by atoms with Gasteiger partial charge in [-0.15, -0.1) is 0 Å². The van der Waals surface area contributed by atoms with E-state index in [1.807, 2.05) is 0 Å². The molecule has 1 N–H and O–H groups in total. The van der Waals surface area contributed by atoms with Gasteiger partial charge < -0.3 is 0 Å². The third kappa shape index (κ3) is 2.53. The second-order valence-electron chi connectivity index (χ2n) is 3.58. The summed E-state index contributed by atoms with van der Waals surface area (Å²) < 4.78 is 39.4. The Kier molecular flexibility index (Phi) is 4.13. The second-order valence-corrected chi connectivity index (χ2v) is 3.58. The minimum atomic E-state index is -4.73. The van der Waals surface area contributed by atoms with Crippen LogP contribution < -0.4 is 5.48 Å². The molecule has 6 heteroatoms. The van der Waals surface area contributed by atoms with E-state index in [9.17, 15) is 18.0 Å². The van der Waals surface area contributed by atoms with Gasteiger partial charge in [0.2, 0.25) is 11.5 Å². The number of amides is 1. The molecule has 18 heavy (non-hydrogen) atoms. The predicted octanol–water partition coefficient (Wildman–Crippen LogP) is 2.59. The summed E-state index contributed by atoms with van der Waals surface area (Å²) in [6.07, 6.45) is 0.628. The summed E-state index contributed by atoms with van der Waals surface area (Å²) in [5.74, 6) is -0.825. The van der Waals surface area contributed by atoms with Gasteiger partial charge in [0.25, 0.3) is 0 Å². The van der Waals surface area contributed by atoms with E-state index < -0.39 is 24.1 Å². The van der Waals surface area contributed by atoms with Crippen LogP contribution in [0.1, 0.15) is 6.42 Å². The Balaban J connectivity index is 3.29. The van der Waals surface area contributed by atoms with Gasteiger partial charge in [-0.25, -0.2) is 5.48 Å². The van der Waals surface area contributed by atoms with Crippen molar-refractivity contribution in [3.63, 3.8) is 0 Å². The van der Waals surface area contributed by atoms with Gasteiger partial charge in [0.15, 0.2) is 0 Å². The molecule has 0 aliphatic carbocycles. The molecule has 1 heterocycles. The zero-order valence-corrected chi connectivity index (χ0v) is 9.46. The Morgan fingerprint density at radius 2 is 2.06 bits per heavy atom. The van der Waals surface area contributed by atoms with Crippen molar-refractivity contribution < 1.29 is 22.8 Å². The lowest BCUT2D eigenvalue weighted by Crippen LogP contribution is -2.46. The maximum Gasteiger partial charge on any atom is 0.424 e. The summed E-state index contributed by atoms with van der Waals surface area (Å²) in [6, 6.07) is 0. The number of hydrogen-bond acceptors (Lipinski definition) is 2. The lowest BCUT2D eigenvalue weighted by atomic mass is 9.89. The number of alkyl halides is 3. The van der Waals surface area contributed by atoms with Crippen LogP contribution in [0, 0.1) is 0 Å². The summed E-state index contributed by atoms with van der Waals surface area (Å²) in [5.41, 5.74) is -1.16. The number of hydroxylamine groups is 1. The highest BCUT2D eigenvalue weighted by atomic mass is 19.4. The van der Waals surface area contributed by atoms with Crippen LogP contribution in [0.25, 0.3) is 0 Å². The van der Waals surface area contributed by atoms with Crippen molar-refractivity contribution in [1.29, 1.82) is 0 Å².